The van der Waals surface area contributed by atoms with E-state index in [2.05, 4.69) is 47.9 Å². The van der Waals surface area contributed by atoms with Crippen molar-refractivity contribution in [3.63, 3.8) is 0 Å². The highest BCUT2D eigenvalue weighted by Crippen LogP contribution is 2.35. The van der Waals surface area contributed by atoms with Gasteiger partial charge in [-0.15, -0.1) is 0 Å². The van der Waals surface area contributed by atoms with Crippen molar-refractivity contribution in [3.05, 3.63) is 23.9 Å². The van der Waals surface area contributed by atoms with Gasteiger partial charge in [0.1, 0.15) is 5.82 Å². The summed E-state index contributed by atoms with van der Waals surface area (Å²) in [5.41, 5.74) is 1.40. The van der Waals surface area contributed by atoms with Crippen LogP contribution in [0.15, 0.2) is 18.3 Å². The van der Waals surface area contributed by atoms with Gasteiger partial charge in [0.15, 0.2) is 0 Å². The fourth-order valence-electron chi connectivity index (χ4n) is 2.85. The van der Waals surface area contributed by atoms with Crippen LogP contribution in [0.25, 0.3) is 0 Å². The molecule has 0 N–H and O–H groups in total. The largest absolute Gasteiger partial charge is 0.362 e. The molecule has 0 aliphatic carbocycles. The third-order valence-corrected chi connectivity index (χ3v) is 3.76. The number of nitrogens with zero attached hydrogens (tertiary/aromatic N) is 3. The summed E-state index contributed by atoms with van der Waals surface area (Å²) < 4.78 is 0. The number of anilines is 1. The lowest BCUT2D eigenvalue weighted by Gasteiger charge is -2.27. The van der Waals surface area contributed by atoms with Gasteiger partial charge in [-0.2, -0.15) is 0 Å². The standard InChI is InChI=1S/C15H25N3/c1-4-5-11-18-12-7-9-14(18)13-8-6-10-16-15(13)17(2)3/h6,8,10,14H,4-5,7,9,11-12H2,1-3H3/t14-/m0/s1. The zero-order valence-electron chi connectivity index (χ0n) is 11.9. The van der Waals surface area contributed by atoms with Crippen LogP contribution < -0.4 is 4.90 Å². The molecule has 2 heterocycles. The van der Waals surface area contributed by atoms with Crippen LogP contribution in [0.5, 0.6) is 0 Å². The van der Waals surface area contributed by atoms with Crippen LogP contribution in [-0.2, 0) is 0 Å². The zero-order valence-corrected chi connectivity index (χ0v) is 11.9. The molecule has 1 aliphatic rings. The highest BCUT2D eigenvalue weighted by molar-refractivity contribution is 5.47. The van der Waals surface area contributed by atoms with E-state index in [1.165, 1.54) is 44.3 Å². The molecule has 1 atom stereocenters. The fraction of sp³-hybridized carbons (Fsp3) is 0.667. The van der Waals surface area contributed by atoms with Crippen LogP contribution in [0, 0.1) is 0 Å². The topological polar surface area (TPSA) is 19.4 Å². The number of hydrogen-bond donors (Lipinski definition) is 0. The molecule has 1 aliphatic heterocycles. The van der Waals surface area contributed by atoms with E-state index >= 15 is 0 Å². The Hall–Kier alpha value is -1.09. The molecule has 0 saturated carbocycles. The Kier molecular flexibility index (Phi) is 4.59. The van der Waals surface area contributed by atoms with Gasteiger partial charge in [0.25, 0.3) is 0 Å². The SMILES string of the molecule is CCCCN1CCC[C@H]1c1cccnc1N(C)C. The summed E-state index contributed by atoms with van der Waals surface area (Å²) in [5.74, 6) is 1.13. The van der Waals surface area contributed by atoms with Crippen molar-refractivity contribution in [3.8, 4) is 0 Å². The van der Waals surface area contributed by atoms with E-state index in [1.807, 2.05) is 6.20 Å². The molecule has 3 nitrogen and oxygen atoms in total. The highest BCUT2D eigenvalue weighted by atomic mass is 15.2. The number of likely N-dealkylation sites (tertiary alicyclic amines) is 1. The van der Waals surface area contributed by atoms with Crippen molar-refractivity contribution >= 4 is 5.82 Å². The molecule has 0 aromatic carbocycles. The highest BCUT2D eigenvalue weighted by Gasteiger charge is 2.27. The summed E-state index contributed by atoms with van der Waals surface area (Å²) in [6.45, 7) is 4.73. The molecular formula is C15H25N3. The predicted octanol–water partition coefficient (Wildman–Crippen LogP) is 3.08. The molecule has 0 bridgehead atoms. The van der Waals surface area contributed by atoms with Crippen molar-refractivity contribution in [2.75, 3.05) is 32.1 Å². The maximum Gasteiger partial charge on any atom is 0.132 e. The maximum absolute atomic E-state index is 4.54. The number of rotatable bonds is 5. The number of aromatic nitrogens is 1. The van der Waals surface area contributed by atoms with Crippen molar-refractivity contribution in [2.45, 2.75) is 38.6 Å². The monoisotopic (exact) mass is 247 g/mol. The molecule has 0 amide bonds. The molecule has 2 rings (SSSR count). The minimum atomic E-state index is 0.572. The molecule has 3 heteroatoms. The van der Waals surface area contributed by atoms with Gasteiger partial charge in [-0.1, -0.05) is 19.4 Å². The van der Waals surface area contributed by atoms with Crippen molar-refractivity contribution in [2.24, 2.45) is 0 Å². The Balaban J connectivity index is 2.19. The smallest absolute Gasteiger partial charge is 0.132 e. The molecule has 18 heavy (non-hydrogen) atoms. The molecule has 1 aromatic heterocycles. The van der Waals surface area contributed by atoms with E-state index < -0.39 is 0 Å². The van der Waals surface area contributed by atoms with Crippen LogP contribution >= 0.6 is 0 Å². The van der Waals surface area contributed by atoms with Crippen LogP contribution in [-0.4, -0.2) is 37.1 Å². The molecule has 1 aromatic rings. The van der Waals surface area contributed by atoms with E-state index in [4.69, 9.17) is 0 Å². The third kappa shape index (κ3) is 2.83. The second-order valence-electron chi connectivity index (χ2n) is 5.36. The van der Waals surface area contributed by atoms with Gasteiger partial charge >= 0.3 is 0 Å². The summed E-state index contributed by atoms with van der Waals surface area (Å²) in [7, 11) is 4.16. The van der Waals surface area contributed by atoms with Gasteiger partial charge in [0.2, 0.25) is 0 Å². The molecular weight excluding hydrogens is 222 g/mol. The Bertz CT molecular complexity index is 376. The van der Waals surface area contributed by atoms with E-state index in [9.17, 15) is 0 Å². The lowest BCUT2D eigenvalue weighted by molar-refractivity contribution is 0.253. The lowest BCUT2D eigenvalue weighted by atomic mass is 10.0. The quantitative estimate of drug-likeness (QED) is 0.797. The summed E-state index contributed by atoms with van der Waals surface area (Å²) >= 11 is 0. The van der Waals surface area contributed by atoms with Gasteiger partial charge in [-0.3, -0.25) is 4.90 Å². The van der Waals surface area contributed by atoms with E-state index in [0.717, 1.165) is 5.82 Å². The van der Waals surface area contributed by atoms with Crippen molar-refractivity contribution in [1.29, 1.82) is 0 Å². The molecule has 0 spiro atoms. The lowest BCUT2D eigenvalue weighted by Crippen LogP contribution is -2.26. The molecule has 100 valence electrons. The van der Waals surface area contributed by atoms with E-state index in [-0.39, 0.29) is 0 Å². The summed E-state index contributed by atoms with van der Waals surface area (Å²) in [6, 6.07) is 4.89. The number of pyridine rings is 1. The van der Waals surface area contributed by atoms with Crippen molar-refractivity contribution < 1.29 is 0 Å². The Morgan fingerprint density at radius 3 is 3.00 bits per heavy atom. The molecule has 1 saturated heterocycles. The minimum Gasteiger partial charge on any atom is -0.362 e. The third-order valence-electron chi connectivity index (χ3n) is 3.76. The Labute approximate surface area is 111 Å². The van der Waals surface area contributed by atoms with Crippen molar-refractivity contribution in [1.82, 2.24) is 9.88 Å². The first-order chi connectivity index (χ1) is 8.74. The molecule has 1 fully saturated rings. The first-order valence-corrected chi connectivity index (χ1v) is 7.10. The van der Waals surface area contributed by atoms with Crippen LogP contribution in [0.1, 0.15) is 44.2 Å². The summed E-state index contributed by atoms with van der Waals surface area (Å²) in [6.07, 6.45) is 7.06. The van der Waals surface area contributed by atoms with Gasteiger partial charge in [-0.25, -0.2) is 4.98 Å². The summed E-state index contributed by atoms with van der Waals surface area (Å²) in [4.78, 5) is 9.30. The van der Waals surface area contributed by atoms with E-state index in [0.29, 0.717) is 6.04 Å². The maximum atomic E-state index is 4.54. The first kappa shape index (κ1) is 13.3. The predicted molar refractivity (Wildman–Crippen MR) is 77.0 cm³/mol. The Morgan fingerprint density at radius 2 is 2.28 bits per heavy atom. The van der Waals surface area contributed by atoms with Crippen LogP contribution in [0.4, 0.5) is 5.82 Å². The normalized spacial score (nSPS) is 20.3. The molecule has 0 radical (unpaired) electrons. The van der Waals surface area contributed by atoms with Gasteiger partial charge in [0.05, 0.1) is 0 Å². The van der Waals surface area contributed by atoms with Crippen LogP contribution in [0.3, 0.4) is 0 Å². The van der Waals surface area contributed by atoms with Gasteiger partial charge in [0, 0.05) is 31.9 Å². The van der Waals surface area contributed by atoms with Gasteiger partial charge in [-0.05, 0) is 38.4 Å². The minimum absolute atomic E-state index is 0.572. The van der Waals surface area contributed by atoms with Crippen LogP contribution in [0.2, 0.25) is 0 Å². The Morgan fingerprint density at radius 1 is 1.44 bits per heavy atom. The number of unbranched alkanes of at least 4 members (excludes halogenated alkanes) is 1. The zero-order chi connectivity index (χ0) is 13.0. The second kappa shape index (κ2) is 6.19. The number of hydrogen-bond acceptors (Lipinski definition) is 3. The van der Waals surface area contributed by atoms with E-state index in [1.54, 1.807) is 0 Å². The average molecular weight is 247 g/mol. The summed E-state index contributed by atoms with van der Waals surface area (Å²) in [5, 5.41) is 0. The average Bonchev–Trinajstić information content (AvgIpc) is 2.84. The second-order valence-corrected chi connectivity index (χ2v) is 5.36. The fourth-order valence-corrected chi connectivity index (χ4v) is 2.85. The molecule has 0 unspecified atom stereocenters. The first-order valence-electron chi connectivity index (χ1n) is 7.10. The van der Waals surface area contributed by atoms with Gasteiger partial charge < -0.3 is 4.90 Å².